The van der Waals surface area contributed by atoms with E-state index in [1.54, 1.807) is 0 Å². The fraction of sp³-hybridized carbons (Fsp3) is 0.600. The lowest BCUT2D eigenvalue weighted by molar-refractivity contribution is 0.169. The first-order chi connectivity index (χ1) is 9.33. The van der Waals surface area contributed by atoms with Crippen molar-refractivity contribution in [1.82, 2.24) is 5.32 Å². The quantitative estimate of drug-likeness (QED) is 0.898. The summed E-state index contributed by atoms with van der Waals surface area (Å²) in [6, 6.07) is 6.14. The summed E-state index contributed by atoms with van der Waals surface area (Å²) in [6.07, 6.45) is 6.28. The van der Waals surface area contributed by atoms with Gasteiger partial charge < -0.3 is 14.8 Å². The minimum absolute atomic E-state index is 0.478. The van der Waals surface area contributed by atoms with Crippen molar-refractivity contribution in [3.8, 4) is 11.5 Å². The minimum Gasteiger partial charge on any atom is -0.486 e. The Bertz CT molecular complexity index is 440. The predicted octanol–water partition coefficient (Wildman–Crippen LogP) is 2.83. The van der Waals surface area contributed by atoms with E-state index in [-0.39, 0.29) is 0 Å². The van der Waals surface area contributed by atoms with Crippen LogP contribution in [0.15, 0.2) is 18.2 Å². The average molecular weight is 279 g/mol. The number of para-hydroxylation sites is 1. The molecule has 0 atom stereocenters. The fourth-order valence-electron chi connectivity index (χ4n) is 2.72. The Labute approximate surface area is 119 Å². The van der Waals surface area contributed by atoms with E-state index >= 15 is 0 Å². The molecule has 1 aromatic rings. The van der Waals surface area contributed by atoms with Crippen molar-refractivity contribution in [2.75, 3.05) is 26.0 Å². The van der Waals surface area contributed by atoms with E-state index in [2.05, 4.69) is 17.6 Å². The lowest BCUT2D eigenvalue weighted by atomic mass is 9.84. The van der Waals surface area contributed by atoms with Gasteiger partial charge in [-0.2, -0.15) is 11.8 Å². The van der Waals surface area contributed by atoms with Crippen LogP contribution in [0.1, 0.15) is 24.8 Å². The van der Waals surface area contributed by atoms with E-state index in [1.807, 2.05) is 23.9 Å². The van der Waals surface area contributed by atoms with Crippen LogP contribution in [-0.4, -0.2) is 30.8 Å². The largest absolute Gasteiger partial charge is 0.486 e. The van der Waals surface area contributed by atoms with Gasteiger partial charge in [0.2, 0.25) is 0 Å². The summed E-state index contributed by atoms with van der Waals surface area (Å²) in [5.74, 6) is 1.81. The van der Waals surface area contributed by atoms with Gasteiger partial charge in [0.15, 0.2) is 11.5 Å². The third-order valence-electron chi connectivity index (χ3n) is 4.11. The Morgan fingerprint density at radius 1 is 1.26 bits per heavy atom. The molecule has 3 nitrogen and oxygen atoms in total. The molecule has 0 unspecified atom stereocenters. The van der Waals surface area contributed by atoms with Gasteiger partial charge in [-0.05, 0) is 25.2 Å². The number of rotatable bonds is 5. The van der Waals surface area contributed by atoms with Gasteiger partial charge in [-0.1, -0.05) is 18.6 Å². The molecular weight excluding hydrogens is 258 g/mol. The molecule has 1 heterocycles. The van der Waals surface area contributed by atoms with Gasteiger partial charge in [0.25, 0.3) is 0 Å². The zero-order chi connectivity index (χ0) is 13.1. The van der Waals surface area contributed by atoms with Crippen LogP contribution in [0.25, 0.3) is 0 Å². The van der Waals surface area contributed by atoms with Crippen molar-refractivity contribution in [1.29, 1.82) is 0 Å². The van der Waals surface area contributed by atoms with Crippen LogP contribution < -0.4 is 14.8 Å². The van der Waals surface area contributed by atoms with Crippen molar-refractivity contribution in [2.45, 2.75) is 30.6 Å². The maximum atomic E-state index is 5.73. The molecule has 0 aromatic heterocycles. The summed E-state index contributed by atoms with van der Waals surface area (Å²) in [4.78, 5) is 0. The first-order valence-electron chi connectivity index (χ1n) is 6.96. The molecule has 1 saturated carbocycles. The maximum absolute atomic E-state index is 5.73. The zero-order valence-electron chi connectivity index (χ0n) is 11.4. The molecule has 104 valence electrons. The molecule has 1 fully saturated rings. The SMILES string of the molecule is CSC1(CNCc2cccc3c2OCCO3)CCC1. The van der Waals surface area contributed by atoms with Crippen molar-refractivity contribution >= 4 is 11.8 Å². The second-order valence-corrected chi connectivity index (χ2v) is 6.56. The lowest BCUT2D eigenvalue weighted by Crippen LogP contribution is -2.43. The van der Waals surface area contributed by atoms with Gasteiger partial charge in [0, 0.05) is 23.4 Å². The van der Waals surface area contributed by atoms with Crippen LogP contribution in [0.5, 0.6) is 11.5 Å². The van der Waals surface area contributed by atoms with Crippen LogP contribution in [0, 0.1) is 0 Å². The molecule has 4 heteroatoms. The van der Waals surface area contributed by atoms with Crippen molar-refractivity contribution in [2.24, 2.45) is 0 Å². The third kappa shape index (κ3) is 2.70. The minimum atomic E-state index is 0.478. The summed E-state index contributed by atoms with van der Waals surface area (Å²) in [5, 5.41) is 3.59. The normalized spacial score (nSPS) is 19.8. The van der Waals surface area contributed by atoms with Gasteiger partial charge in [-0.3, -0.25) is 0 Å². The Balaban J connectivity index is 1.61. The fourth-order valence-corrected chi connectivity index (χ4v) is 3.67. The van der Waals surface area contributed by atoms with Gasteiger partial charge in [-0.25, -0.2) is 0 Å². The smallest absolute Gasteiger partial charge is 0.165 e. The average Bonchev–Trinajstić information content (AvgIpc) is 2.42. The molecule has 19 heavy (non-hydrogen) atoms. The van der Waals surface area contributed by atoms with Gasteiger partial charge in [-0.15, -0.1) is 0 Å². The zero-order valence-corrected chi connectivity index (χ0v) is 12.2. The van der Waals surface area contributed by atoms with Crippen LogP contribution in [0.3, 0.4) is 0 Å². The molecule has 0 spiro atoms. The molecule has 1 aliphatic carbocycles. The number of hydrogen-bond donors (Lipinski definition) is 1. The summed E-state index contributed by atoms with van der Waals surface area (Å²) < 4.78 is 11.8. The summed E-state index contributed by atoms with van der Waals surface area (Å²) in [7, 11) is 0. The van der Waals surface area contributed by atoms with Crippen molar-refractivity contribution in [3.05, 3.63) is 23.8 Å². The molecular formula is C15H21NO2S. The van der Waals surface area contributed by atoms with E-state index in [9.17, 15) is 0 Å². The van der Waals surface area contributed by atoms with Crippen molar-refractivity contribution in [3.63, 3.8) is 0 Å². The van der Waals surface area contributed by atoms with Gasteiger partial charge >= 0.3 is 0 Å². The summed E-state index contributed by atoms with van der Waals surface area (Å²) in [6.45, 7) is 3.24. The number of hydrogen-bond acceptors (Lipinski definition) is 4. The Kier molecular flexibility index (Phi) is 3.89. The Hall–Kier alpha value is -0.870. The first kappa shape index (κ1) is 13.1. The lowest BCUT2D eigenvalue weighted by Gasteiger charge is -2.40. The van der Waals surface area contributed by atoms with Crippen LogP contribution in [-0.2, 0) is 6.54 Å². The summed E-state index contributed by atoms with van der Waals surface area (Å²) >= 11 is 2.00. The van der Waals surface area contributed by atoms with E-state index in [0.717, 1.165) is 24.6 Å². The molecule has 1 aliphatic heterocycles. The van der Waals surface area contributed by atoms with Gasteiger partial charge in [0.05, 0.1) is 0 Å². The topological polar surface area (TPSA) is 30.5 Å². The number of thioether (sulfide) groups is 1. The molecule has 1 aromatic carbocycles. The second-order valence-electron chi connectivity index (χ2n) is 5.29. The van der Waals surface area contributed by atoms with Crippen LogP contribution in [0.2, 0.25) is 0 Å². The molecule has 0 radical (unpaired) electrons. The molecule has 1 N–H and O–H groups in total. The van der Waals surface area contributed by atoms with E-state index in [4.69, 9.17) is 9.47 Å². The number of ether oxygens (including phenoxy) is 2. The third-order valence-corrected chi connectivity index (χ3v) is 5.53. The molecule has 0 saturated heterocycles. The highest BCUT2D eigenvalue weighted by molar-refractivity contribution is 8.00. The highest BCUT2D eigenvalue weighted by atomic mass is 32.2. The van der Waals surface area contributed by atoms with Gasteiger partial charge in [0.1, 0.15) is 13.2 Å². The standard InChI is InChI=1S/C15H21NO2S/c1-19-15(6-3-7-15)11-16-10-12-4-2-5-13-14(12)18-9-8-17-13/h2,4-5,16H,3,6-11H2,1H3. The predicted molar refractivity (Wildman–Crippen MR) is 79.2 cm³/mol. The Morgan fingerprint density at radius 2 is 2.11 bits per heavy atom. The van der Waals surface area contributed by atoms with E-state index < -0.39 is 0 Å². The van der Waals surface area contributed by atoms with E-state index in [0.29, 0.717) is 18.0 Å². The van der Waals surface area contributed by atoms with Crippen LogP contribution >= 0.6 is 11.8 Å². The van der Waals surface area contributed by atoms with E-state index in [1.165, 1.54) is 24.8 Å². The molecule has 0 bridgehead atoms. The number of benzene rings is 1. The Morgan fingerprint density at radius 3 is 2.84 bits per heavy atom. The summed E-state index contributed by atoms with van der Waals surface area (Å²) in [5.41, 5.74) is 1.20. The van der Waals surface area contributed by atoms with Crippen LogP contribution in [0.4, 0.5) is 0 Å². The highest BCUT2D eigenvalue weighted by Crippen LogP contribution is 2.42. The monoisotopic (exact) mass is 279 g/mol. The molecule has 3 rings (SSSR count). The second kappa shape index (κ2) is 5.63. The molecule has 0 amide bonds. The maximum Gasteiger partial charge on any atom is 0.165 e. The number of fused-ring (bicyclic) bond motifs is 1. The highest BCUT2D eigenvalue weighted by Gasteiger charge is 2.35. The van der Waals surface area contributed by atoms with Crippen molar-refractivity contribution < 1.29 is 9.47 Å². The number of nitrogens with one attached hydrogen (secondary N) is 1. The molecule has 2 aliphatic rings. The first-order valence-corrected chi connectivity index (χ1v) is 8.19.